The number of aryl methyl sites for hydroxylation is 2. The first kappa shape index (κ1) is 25.0. The zero-order valence-corrected chi connectivity index (χ0v) is 22.4. The molecule has 5 rings (SSSR count). The third kappa shape index (κ3) is 4.71. The number of para-hydroxylation sites is 2. The lowest BCUT2D eigenvalue weighted by Gasteiger charge is -2.40. The van der Waals surface area contributed by atoms with E-state index in [1.54, 1.807) is 7.11 Å². The molecule has 2 aromatic carbocycles. The van der Waals surface area contributed by atoms with Crippen molar-refractivity contribution in [2.75, 3.05) is 38.2 Å². The van der Waals surface area contributed by atoms with E-state index in [2.05, 4.69) is 76.2 Å². The molecule has 1 aliphatic rings. The van der Waals surface area contributed by atoms with Crippen LogP contribution in [0.5, 0.6) is 5.75 Å². The molecule has 37 heavy (non-hydrogen) atoms. The van der Waals surface area contributed by atoms with E-state index in [0.29, 0.717) is 11.4 Å². The average molecular weight is 502 g/mol. The smallest absolute Gasteiger partial charge is 0.253 e. The minimum atomic E-state index is -0.386. The molecule has 0 radical (unpaired) electrons. The summed E-state index contributed by atoms with van der Waals surface area (Å²) >= 11 is 0. The molecule has 0 aliphatic carbocycles. The van der Waals surface area contributed by atoms with Crippen molar-refractivity contribution in [3.05, 3.63) is 75.3 Å². The molecule has 1 fully saturated rings. The molecule has 2 aromatic heterocycles. The SMILES string of the molecule is COc1ccccc1N1CCN(C(c2cc3cc(C)cc(C)c3[nH]c2=O)c2nnnn2C(C)(C)C)CC1. The van der Waals surface area contributed by atoms with Gasteiger partial charge < -0.3 is 14.6 Å². The molecule has 1 N–H and O–H groups in total. The van der Waals surface area contributed by atoms with Gasteiger partial charge in [0, 0.05) is 31.7 Å². The second kappa shape index (κ2) is 9.63. The van der Waals surface area contributed by atoms with Gasteiger partial charge in [-0.2, -0.15) is 0 Å². The van der Waals surface area contributed by atoms with Crippen molar-refractivity contribution in [2.45, 2.75) is 46.2 Å². The first-order chi connectivity index (χ1) is 17.7. The van der Waals surface area contributed by atoms with Crippen LogP contribution in [0.1, 0.15) is 49.3 Å². The Balaban J connectivity index is 1.57. The topological polar surface area (TPSA) is 92.2 Å². The Bertz CT molecular complexity index is 1480. The number of hydrogen-bond donors (Lipinski definition) is 1. The predicted octanol–water partition coefficient (Wildman–Crippen LogP) is 3.81. The van der Waals surface area contributed by atoms with E-state index in [1.807, 2.05) is 35.9 Å². The highest BCUT2D eigenvalue weighted by Gasteiger charge is 2.35. The molecule has 1 unspecified atom stereocenters. The number of benzene rings is 2. The van der Waals surface area contributed by atoms with Gasteiger partial charge in [0.2, 0.25) is 0 Å². The molecule has 4 aromatic rings. The van der Waals surface area contributed by atoms with E-state index < -0.39 is 0 Å². The summed E-state index contributed by atoms with van der Waals surface area (Å²) in [4.78, 5) is 21.4. The van der Waals surface area contributed by atoms with Gasteiger partial charge in [0.05, 0.1) is 23.9 Å². The van der Waals surface area contributed by atoms with Crippen molar-refractivity contribution in [3.8, 4) is 5.75 Å². The van der Waals surface area contributed by atoms with Crippen molar-refractivity contribution in [1.82, 2.24) is 30.1 Å². The van der Waals surface area contributed by atoms with Gasteiger partial charge in [-0.15, -0.1) is 5.10 Å². The molecule has 3 heterocycles. The third-order valence-corrected chi connectivity index (χ3v) is 7.10. The fraction of sp³-hybridized carbons (Fsp3) is 0.429. The van der Waals surface area contributed by atoms with Crippen LogP contribution in [0.4, 0.5) is 5.69 Å². The first-order valence-corrected chi connectivity index (χ1v) is 12.7. The maximum absolute atomic E-state index is 13.6. The van der Waals surface area contributed by atoms with E-state index in [4.69, 9.17) is 4.74 Å². The summed E-state index contributed by atoms with van der Waals surface area (Å²) in [5.41, 5.74) is 4.37. The van der Waals surface area contributed by atoms with Crippen LogP contribution >= 0.6 is 0 Å². The summed E-state index contributed by atoms with van der Waals surface area (Å²) in [5.74, 6) is 1.54. The number of anilines is 1. The van der Waals surface area contributed by atoms with Gasteiger partial charge >= 0.3 is 0 Å². The second-order valence-corrected chi connectivity index (χ2v) is 10.8. The molecule has 0 bridgehead atoms. The Hall–Kier alpha value is -3.72. The summed E-state index contributed by atoms with van der Waals surface area (Å²) < 4.78 is 7.44. The summed E-state index contributed by atoms with van der Waals surface area (Å²) in [5, 5.41) is 13.8. The number of fused-ring (bicyclic) bond motifs is 1. The van der Waals surface area contributed by atoms with Crippen LogP contribution in [-0.4, -0.2) is 63.4 Å². The van der Waals surface area contributed by atoms with Gasteiger partial charge in [0.1, 0.15) is 11.8 Å². The minimum absolute atomic E-state index is 0.111. The van der Waals surface area contributed by atoms with E-state index in [9.17, 15) is 4.79 Å². The third-order valence-electron chi connectivity index (χ3n) is 7.10. The van der Waals surface area contributed by atoms with E-state index in [0.717, 1.165) is 59.6 Å². The fourth-order valence-electron chi connectivity index (χ4n) is 5.36. The Morgan fingerprint density at radius 1 is 1.03 bits per heavy atom. The molecule has 9 heteroatoms. The lowest BCUT2D eigenvalue weighted by atomic mass is 9.99. The number of hydrogen-bond acceptors (Lipinski definition) is 7. The summed E-state index contributed by atoms with van der Waals surface area (Å²) in [6, 6.07) is 13.9. The fourth-order valence-corrected chi connectivity index (χ4v) is 5.36. The van der Waals surface area contributed by atoms with Crippen LogP contribution in [0.15, 0.2) is 47.3 Å². The van der Waals surface area contributed by atoms with Crippen LogP contribution in [0, 0.1) is 13.8 Å². The Kier molecular flexibility index (Phi) is 6.49. The quantitative estimate of drug-likeness (QED) is 0.445. The normalized spacial score (nSPS) is 15.8. The van der Waals surface area contributed by atoms with E-state index in [1.165, 1.54) is 0 Å². The minimum Gasteiger partial charge on any atom is -0.495 e. The van der Waals surface area contributed by atoms with Crippen LogP contribution in [0.2, 0.25) is 0 Å². The number of pyridine rings is 1. The number of H-pyrrole nitrogens is 1. The molecule has 1 atom stereocenters. The van der Waals surface area contributed by atoms with Crippen molar-refractivity contribution in [2.24, 2.45) is 0 Å². The van der Waals surface area contributed by atoms with Crippen molar-refractivity contribution < 1.29 is 4.74 Å². The monoisotopic (exact) mass is 501 g/mol. The molecule has 9 nitrogen and oxygen atoms in total. The number of rotatable bonds is 5. The Morgan fingerprint density at radius 2 is 1.76 bits per heavy atom. The maximum Gasteiger partial charge on any atom is 0.253 e. The Morgan fingerprint density at radius 3 is 2.46 bits per heavy atom. The largest absolute Gasteiger partial charge is 0.495 e. The van der Waals surface area contributed by atoms with Crippen LogP contribution < -0.4 is 15.2 Å². The number of piperazine rings is 1. The highest BCUT2D eigenvalue weighted by molar-refractivity contribution is 5.83. The van der Waals surface area contributed by atoms with Gasteiger partial charge in [-0.05, 0) is 80.3 Å². The zero-order chi connectivity index (χ0) is 26.3. The summed E-state index contributed by atoms with van der Waals surface area (Å²) in [7, 11) is 1.70. The molecule has 1 saturated heterocycles. The van der Waals surface area contributed by atoms with E-state index >= 15 is 0 Å². The van der Waals surface area contributed by atoms with Crippen molar-refractivity contribution in [1.29, 1.82) is 0 Å². The average Bonchev–Trinajstić information content (AvgIpc) is 3.36. The van der Waals surface area contributed by atoms with Crippen LogP contribution in [0.25, 0.3) is 10.9 Å². The molecule has 0 spiro atoms. The predicted molar refractivity (Wildman–Crippen MR) is 145 cm³/mol. The van der Waals surface area contributed by atoms with Crippen LogP contribution in [-0.2, 0) is 5.54 Å². The molecular weight excluding hydrogens is 466 g/mol. The second-order valence-electron chi connectivity index (χ2n) is 10.8. The van der Waals surface area contributed by atoms with E-state index in [-0.39, 0.29) is 17.1 Å². The van der Waals surface area contributed by atoms with Gasteiger partial charge in [0.25, 0.3) is 5.56 Å². The molecular formula is C28H35N7O2. The number of aromatic amines is 1. The number of aromatic nitrogens is 5. The summed E-state index contributed by atoms with van der Waals surface area (Å²) in [6.07, 6.45) is 0. The summed E-state index contributed by atoms with van der Waals surface area (Å²) in [6.45, 7) is 13.4. The lowest BCUT2D eigenvalue weighted by Crippen LogP contribution is -2.49. The van der Waals surface area contributed by atoms with Gasteiger partial charge in [-0.1, -0.05) is 23.8 Å². The van der Waals surface area contributed by atoms with Crippen molar-refractivity contribution >= 4 is 16.6 Å². The highest BCUT2D eigenvalue weighted by Crippen LogP contribution is 2.33. The Labute approximate surface area is 217 Å². The van der Waals surface area contributed by atoms with Gasteiger partial charge in [0.15, 0.2) is 5.82 Å². The maximum atomic E-state index is 13.6. The molecule has 194 valence electrons. The first-order valence-electron chi connectivity index (χ1n) is 12.7. The number of methoxy groups -OCH3 is 1. The van der Waals surface area contributed by atoms with Gasteiger partial charge in [-0.25, -0.2) is 4.68 Å². The highest BCUT2D eigenvalue weighted by atomic mass is 16.5. The molecule has 0 saturated carbocycles. The number of tetrazole rings is 1. The number of nitrogens with zero attached hydrogens (tertiary/aromatic N) is 6. The van der Waals surface area contributed by atoms with Gasteiger partial charge in [-0.3, -0.25) is 9.69 Å². The lowest BCUT2D eigenvalue weighted by molar-refractivity contribution is 0.190. The molecule has 0 amide bonds. The molecule has 1 aliphatic heterocycles. The standard InChI is InChI=1S/C28H35N7O2/c1-18-15-19(2)24-20(16-18)17-21(27(36)29-24)25(26-30-31-32-35(26)28(3,4)5)34-13-11-33(12-14-34)22-9-7-8-10-23(22)37-6/h7-10,15-17,25H,11-14H2,1-6H3,(H,29,36). The van der Waals surface area contributed by atoms with Crippen molar-refractivity contribution in [3.63, 3.8) is 0 Å². The zero-order valence-electron chi connectivity index (χ0n) is 22.4. The number of nitrogens with one attached hydrogen (secondary N) is 1. The van der Waals surface area contributed by atoms with Crippen LogP contribution in [0.3, 0.4) is 0 Å². The number of ether oxygens (including phenoxy) is 1.